The van der Waals surface area contributed by atoms with E-state index >= 15 is 0 Å². The molecule has 1 fully saturated rings. The van der Waals surface area contributed by atoms with Gasteiger partial charge in [-0.25, -0.2) is 0 Å². The monoisotopic (exact) mass is 355 g/mol. The van der Waals surface area contributed by atoms with Crippen molar-refractivity contribution in [2.75, 3.05) is 42.4 Å². The Bertz CT molecular complexity index is 658. The number of aromatic nitrogens is 2. The third-order valence-electron chi connectivity index (χ3n) is 3.18. The van der Waals surface area contributed by atoms with Crippen LogP contribution in [0.4, 0.5) is 5.88 Å². The third-order valence-corrected chi connectivity index (χ3v) is 4.44. The number of hydrogen-bond donors (Lipinski definition) is 1. The van der Waals surface area contributed by atoms with E-state index in [4.69, 9.17) is 20.9 Å². The molecular formula is C14H16ClN4O3S+. The van der Waals surface area contributed by atoms with Gasteiger partial charge in [-0.15, -0.1) is 16.8 Å². The predicted molar refractivity (Wildman–Crippen MR) is 86.3 cm³/mol. The molecule has 0 spiro atoms. The zero-order valence-corrected chi connectivity index (χ0v) is 13.8. The summed E-state index contributed by atoms with van der Waals surface area (Å²) in [5.41, 5.74) is 0. The van der Waals surface area contributed by atoms with Gasteiger partial charge < -0.3 is 4.74 Å². The molecule has 1 aliphatic rings. The first kappa shape index (κ1) is 16.1. The molecule has 2 heterocycles. The van der Waals surface area contributed by atoms with Gasteiger partial charge in [0.1, 0.15) is 0 Å². The lowest BCUT2D eigenvalue weighted by atomic mass is 10.4. The van der Waals surface area contributed by atoms with E-state index in [9.17, 15) is 4.79 Å². The Morgan fingerprint density at radius 2 is 2.09 bits per heavy atom. The van der Waals surface area contributed by atoms with Crippen LogP contribution in [0.3, 0.4) is 0 Å². The number of anilines is 1. The third kappa shape index (κ3) is 4.60. The number of rotatable bonds is 5. The zero-order valence-electron chi connectivity index (χ0n) is 12.3. The van der Waals surface area contributed by atoms with Gasteiger partial charge in [0.25, 0.3) is 6.20 Å². The van der Waals surface area contributed by atoms with E-state index in [0.717, 1.165) is 18.0 Å². The predicted octanol–water partition coefficient (Wildman–Crippen LogP) is 1.31. The van der Waals surface area contributed by atoms with Gasteiger partial charge in [-0.05, 0) is 24.3 Å². The average molecular weight is 356 g/mol. The second-order valence-electron chi connectivity index (χ2n) is 4.84. The van der Waals surface area contributed by atoms with E-state index in [1.54, 1.807) is 23.1 Å². The fraction of sp³-hybridized carbons (Fsp3) is 0.357. The average Bonchev–Trinajstić information content (AvgIpc) is 3.04. The van der Waals surface area contributed by atoms with Crippen LogP contribution in [-0.2, 0) is 9.53 Å². The van der Waals surface area contributed by atoms with Gasteiger partial charge in [-0.3, -0.25) is 14.6 Å². The van der Waals surface area contributed by atoms with Gasteiger partial charge >= 0.3 is 5.88 Å². The minimum Gasteiger partial charge on any atom is -0.377 e. The number of thioether (sulfide) groups is 1. The lowest BCUT2D eigenvalue weighted by molar-refractivity contribution is -0.759. The molecule has 0 radical (unpaired) electrons. The van der Waals surface area contributed by atoms with Crippen molar-refractivity contribution in [3.8, 4) is 0 Å². The molecule has 1 aliphatic heterocycles. The number of carbonyl (C=O) groups excluding carboxylic acids is 1. The number of nitrogens with one attached hydrogen (secondary N) is 1. The van der Waals surface area contributed by atoms with Crippen molar-refractivity contribution in [1.82, 2.24) is 5.27 Å². The number of amides is 1. The Morgan fingerprint density at radius 3 is 2.83 bits per heavy atom. The second-order valence-corrected chi connectivity index (χ2v) is 6.33. The highest BCUT2D eigenvalue weighted by molar-refractivity contribution is 8.00. The van der Waals surface area contributed by atoms with Gasteiger partial charge in [-0.2, -0.15) is 0 Å². The summed E-state index contributed by atoms with van der Waals surface area (Å²) < 4.78 is 10.4. The molecule has 3 rings (SSSR count). The van der Waals surface area contributed by atoms with Crippen molar-refractivity contribution >= 4 is 35.2 Å². The Labute approximate surface area is 142 Å². The molecule has 0 atom stereocenters. The minimum absolute atomic E-state index is 0.157. The first-order chi connectivity index (χ1) is 11.2. The topological polar surface area (TPSA) is 71.5 Å². The van der Waals surface area contributed by atoms with E-state index in [2.05, 4.69) is 10.6 Å². The number of ether oxygens (including phenoxy) is 1. The SMILES string of the molecule is O=C(CSc1ccc(Cl)cc1)Nc1c[n+](N2CCOCC2)no1. The quantitative estimate of drug-likeness (QED) is 0.644. The van der Waals surface area contributed by atoms with Crippen molar-refractivity contribution in [3.05, 3.63) is 35.5 Å². The van der Waals surface area contributed by atoms with Gasteiger partial charge in [0.2, 0.25) is 11.2 Å². The molecule has 122 valence electrons. The molecule has 2 aromatic rings. The van der Waals surface area contributed by atoms with E-state index in [0.29, 0.717) is 24.1 Å². The second kappa shape index (κ2) is 7.67. The molecule has 23 heavy (non-hydrogen) atoms. The zero-order chi connectivity index (χ0) is 16.1. The fourth-order valence-corrected chi connectivity index (χ4v) is 2.86. The van der Waals surface area contributed by atoms with Gasteiger partial charge in [0.05, 0.1) is 36.8 Å². The maximum Gasteiger partial charge on any atom is 0.305 e. The molecule has 1 aromatic carbocycles. The number of nitrogens with zero attached hydrogens (tertiary/aromatic N) is 3. The summed E-state index contributed by atoms with van der Waals surface area (Å²) >= 11 is 7.25. The van der Waals surface area contributed by atoms with Crippen molar-refractivity contribution in [1.29, 1.82) is 0 Å². The summed E-state index contributed by atoms with van der Waals surface area (Å²) in [5, 5.41) is 9.24. The van der Waals surface area contributed by atoms with Gasteiger partial charge in [-0.1, -0.05) is 11.6 Å². The Balaban J connectivity index is 1.49. The molecule has 7 nitrogen and oxygen atoms in total. The van der Waals surface area contributed by atoms with E-state index in [1.807, 2.05) is 17.1 Å². The van der Waals surface area contributed by atoms with Crippen molar-refractivity contribution < 1.29 is 18.8 Å². The number of hydrogen-bond acceptors (Lipinski definition) is 6. The normalized spacial score (nSPS) is 14.7. The summed E-state index contributed by atoms with van der Waals surface area (Å²) in [6, 6.07) is 7.34. The maximum atomic E-state index is 11.9. The Kier molecular flexibility index (Phi) is 5.37. The van der Waals surface area contributed by atoms with Crippen LogP contribution >= 0.6 is 23.4 Å². The first-order valence-corrected chi connectivity index (χ1v) is 8.47. The Hall–Kier alpha value is -1.77. The summed E-state index contributed by atoms with van der Waals surface area (Å²) in [6.45, 7) is 2.77. The molecule has 9 heteroatoms. The number of benzene rings is 1. The molecule has 1 amide bonds. The molecule has 1 N–H and O–H groups in total. The number of halogens is 1. The van der Waals surface area contributed by atoms with E-state index < -0.39 is 0 Å². The molecule has 0 unspecified atom stereocenters. The smallest absolute Gasteiger partial charge is 0.305 e. The van der Waals surface area contributed by atoms with E-state index in [-0.39, 0.29) is 11.7 Å². The largest absolute Gasteiger partial charge is 0.377 e. The van der Waals surface area contributed by atoms with Crippen LogP contribution in [0, 0.1) is 0 Å². The van der Waals surface area contributed by atoms with Crippen LogP contribution in [0.25, 0.3) is 0 Å². The van der Waals surface area contributed by atoms with Crippen LogP contribution in [0.1, 0.15) is 0 Å². The van der Waals surface area contributed by atoms with Crippen molar-refractivity contribution in [3.63, 3.8) is 0 Å². The van der Waals surface area contributed by atoms with Gasteiger partial charge in [0, 0.05) is 9.92 Å². The highest BCUT2D eigenvalue weighted by atomic mass is 35.5. The fourth-order valence-electron chi connectivity index (χ4n) is 2.04. The molecule has 0 aliphatic carbocycles. The lowest BCUT2D eigenvalue weighted by Crippen LogP contribution is -2.62. The molecular weight excluding hydrogens is 340 g/mol. The lowest BCUT2D eigenvalue weighted by Gasteiger charge is -2.18. The number of carbonyl (C=O) groups is 1. The molecule has 0 bridgehead atoms. The van der Waals surface area contributed by atoms with Crippen LogP contribution in [-0.4, -0.2) is 43.2 Å². The van der Waals surface area contributed by atoms with Crippen LogP contribution in [0.5, 0.6) is 0 Å². The van der Waals surface area contributed by atoms with E-state index in [1.165, 1.54) is 11.8 Å². The number of morpholine rings is 1. The van der Waals surface area contributed by atoms with Crippen molar-refractivity contribution in [2.24, 2.45) is 0 Å². The van der Waals surface area contributed by atoms with Crippen LogP contribution in [0.2, 0.25) is 5.02 Å². The highest BCUT2D eigenvalue weighted by Crippen LogP contribution is 2.20. The van der Waals surface area contributed by atoms with Gasteiger partial charge in [0.15, 0.2) is 0 Å². The summed E-state index contributed by atoms with van der Waals surface area (Å²) in [4.78, 5) is 14.5. The first-order valence-electron chi connectivity index (χ1n) is 7.10. The minimum atomic E-state index is -0.157. The maximum absolute atomic E-state index is 11.9. The molecule has 1 aromatic heterocycles. The van der Waals surface area contributed by atoms with Crippen LogP contribution < -0.4 is 15.1 Å². The van der Waals surface area contributed by atoms with Crippen LogP contribution in [0.15, 0.2) is 39.9 Å². The highest BCUT2D eigenvalue weighted by Gasteiger charge is 2.23. The summed E-state index contributed by atoms with van der Waals surface area (Å²) in [6.07, 6.45) is 1.65. The summed E-state index contributed by atoms with van der Waals surface area (Å²) in [7, 11) is 0. The standard InChI is InChI=1S/C14H15ClN4O3S/c15-11-1-3-12(4-2-11)23-10-13(20)16-14-9-19(17-22-14)18-5-7-21-8-6-18/h1-4,9H,5-8,10H2/p+1. The van der Waals surface area contributed by atoms with Crippen molar-refractivity contribution in [2.45, 2.75) is 4.90 Å². The summed E-state index contributed by atoms with van der Waals surface area (Å²) in [5.74, 6) is 0.438. The molecule has 0 saturated carbocycles. The Morgan fingerprint density at radius 1 is 1.35 bits per heavy atom. The molecule has 1 saturated heterocycles.